The van der Waals surface area contributed by atoms with Crippen LogP contribution in [0.15, 0.2) is 5.18 Å². The zero-order valence-corrected chi connectivity index (χ0v) is 5.34. The molecule has 3 N–H and O–H groups in total. The summed E-state index contributed by atoms with van der Waals surface area (Å²) in [6.07, 6.45) is 0. The lowest BCUT2D eigenvalue weighted by Crippen LogP contribution is -2.47. The maximum absolute atomic E-state index is 10.0. The van der Waals surface area contributed by atoms with E-state index in [9.17, 15) is 9.70 Å². The first-order valence-corrected chi connectivity index (χ1v) is 2.67. The van der Waals surface area contributed by atoms with Crippen molar-refractivity contribution >= 4 is 18.6 Å². The SMILES string of the molecule is NC(CS)(N=O)C(=O)O. The van der Waals surface area contributed by atoms with E-state index in [1.165, 1.54) is 0 Å². The van der Waals surface area contributed by atoms with Gasteiger partial charge in [-0.15, -0.1) is 4.91 Å². The lowest BCUT2D eigenvalue weighted by atomic mass is 10.2. The summed E-state index contributed by atoms with van der Waals surface area (Å²) in [5.41, 5.74) is 2.82. The Kier molecular flexibility index (Phi) is 2.60. The van der Waals surface area contributed by atoms with Crippen LogP contribution in [0.1, 0.15) is 0 Å². The third-order valence-corrected chi connectivity index (χ3v) is 1.26. The lowest BCUT2D eigenvalue weighted by molar-refractivity contribution is -0.142. The number of rotatable bonds is 3. The second kappa shape index (κ2) is 2.79. The molecule has 0 radical (unpaired) electrons. The Bertz CT molecular complexity index is 139. The zero-order valence-electron chi connectivity index (χ0n) is 4.44. The number of aliphatic carboxylic acids is 1. The standard InChI is InChI=1S/C3H6N2O3S/c4-3(1-9,5-8)2(6)7/h9H,1,4H2,(H,6,7). The quantitative estimate of drug-likeness (QED) is 0.370. The number of carboxylic acid groups (broad SMARTS) is 1. The number of hydrogen-bond donors (Lipinski definition) is 3. The zero-order chi connectivity index (χ0) is 7.49. The molecule has 0 aliphatic heterocycles. The summed E-state index contributed by atoms with van der Waals surface area (Å²) in [4.78, 5) is 19.7. The van der Waals surface area contributed by atoms with Crippen molar-refractivity contribution in [2.75, 3.05) is 5.75 Å². The summed E-state index contributed by atoms with van der Waals surface area (Å²) in [5.74, 6) is -1.77. The fraction of sp³-hybridized carbons (Fsp3) is 0.667. The van der Waals surface area contributed by atoms with E-state index in [-0.39, 0.29) is 5.75 Å². The Labute approximate surface area is 56.6 Å². The first-order chi connectivity index (χ1) is 4.06. The Hall–Kier alpha value is -0.620. The van der Waals surface area contributed by atoms with Gasteiger partial charge in [-0.2, -0.15) is 12.6 Å². The molecule has 0 aliphatic carbocycles. The minimum Gasteiger partial charge on any atom is -0.478 e. The van der Waals surface area contributed by atoms with Crippen LogP contribution in [0.25, 0.3) is 0 Å². The molecule has 0 aromatic rings. The molecule has 6 heteroatoms. The summed E-state index contributed by atoms with van der Waals surface area (Å²) >= 11 is 3.52. The number of carbonyl (C=O) groups is 1. The molecule has 0 aliphatic rings. The molecule has 1 atom stereocenters. The van der Waals surface area contributed by atoms with Gasteiger partial charge in [-0.25, -0.2) is 4.79 Å². The van der Waals surface area contributed by atoms with Gasteiger partial charge in [0.25, 0.3) is 5.66 Å². The number of thiol groups is 1. The number of carboxylic acids is 1. The number of nitroso groups, excluding NO2 is 1. The van der Waals surface area contributed by atoms with E-state index in [0.29, 0.717) is 0 Å². The fourth-order valence-electron chi connectivity index (χ4n) is 0.136. The summed E-state index contributed by atoms with van der Waals surface area (Å²) in [7, 11) is 0. The topological polar surface area (TPSA) is 92.8 Å². The highest BCUT2D eigenvalue weighted by Crippen LogP contribution is 2.03. The predicted molar refractivity (Wildman–Crippen MR) is 34.2 cm³/mol. The number of nitrogens with two attached hydrogens (primary N) is 1. The molecular weight excluding hydrogens is 144 g/mol. The Morgan fingerprint density at radius 2 is 2.33 bits per heavy atom. The van der Waals surface area contributed by atoms with Crippen molar-refractivity contribution < 1.29 is 9.90 Å². The van der Waals surface area contributed by atoms with Crippen molar-refractivity contribution in [1.29, 1.82) is 0 Å². The molecule has 0 bridgehead atoms. The van der Waals surface area contributed by atoms with E-state index >= 15 is 0 Å². The normalized spacial score (nSPS) is 16.2. The average Bonchev–Trinajstić information content (AvgIpc) is 1.86. The van der Waals surface area contributed by atoms with Gasteiger partial charge in [0.05, 0.1) is 0 Å². The van der Waals surface area contributed by atoms with E-state index in [1.54, 1.807) is 0 Å². The predicted octanol–water partition coefficient (Wildman–Crippen LogP) is -0.578. The molecule has 0 saturated heterocycles. The van der Waals surface area contributed by atoms with E-state index in [0.717, 1.165) is 0 Å². The molecule has 0 saturated carbocycles. The summed E-state index contributed by atoms with van der Waals surface area (Å²) in [6.45, 7) is 0. The number of nitrogens with zero attached hydrogens (tertiary/aromatic N) is 1. The molecule has 0 heterocycles. The highest BCUT2D eigenvalue weighted by atomic mass is 32.1. The van der Waals surface area contributed by atoms with Crippen LogP contribution in [-0.2, 0) is 4.79 Å². The van der Waals surface area contributed by atoms with E-state index < -0.39 is 11.6 Å². The van der Waals surface area contributed by atoms with Gasteiger partial charge in [0.2, 0.25) is 0 Å². The highest BCUT2D eigenvalue weighted by Gasteiger charge is 2.33. The van der Waals surface area contributed by atoms with Crippen molar-refractivity contribution in [2.45, 2.75) is 5.66 Å². The van der Waals surface area contributed by atoms with Crippen molar-refractivity contribution in [3.63, 3.8) is 0 Å². The highest BCUT2D eigenvalue weighted by molar-refractivity contribution is 7.80. The Balaban J connectivity index is 4.27. The Morgan fingerprint density at radius 1 is 1.89 bits per heavy atom. The van der Waals surface area contributed by atoms with Crippen LogP contribution in [0, 0.1) is 4.91 Å². The van der Waals surface area contributed by atoms with E-state index in [1.807, 2.05) is 0 Å². The van der Waals surface area contributed by atoms with Crippen LogP contribution in [0.3, 0.4) is 0 Å². The van der Waals surface area contributed by atoms with Gasteiger partial charge in [0, 0.05) is 5.75 Å². The maximum atomic E-state index is 10.0. The van der Waals surface area contributed by atoms with Crippen molar-refractivity contribution in [2.24, 2.45) is 10.9 Å². The first kappa shape index (κ1) is 8.38. The minimum atomic E-state index is -2.07. The van der Waals surface area contributed by atoms with Crippen LogP contribution in [0.5, 0.6) is 0 Å². The van der Waals surface area contributed by atoms with Crippen molar-refractivity contribution in [3.05, 3.63) is 4.91 Å². The minimum absolute atomic E-state index is 0.300. The third kappa shape index (κ3) is 1.65. The fourth-order valence-corrected chi connectivity index (χ4v) is 0.329. The summed E-state index contributed by atoms with van der Waals surface area (Å²) in [5, 5.41) is 10.4. The van der Waals surface area contributed by atoms with Gasteiger partial charge in [-0.3, -0.25) is 5.73 Å². The first-order valence-electron chi connectivity index (χ1n) is 2.04. The van der Waals surface area contributed by atoms with Gasteiger partial charge in [-0.05, 0) is 5.18 Å². The molecule has 0 fully saturated rings. The molecule has 9 heavy (non-hydrogen) atoms. The summed E-state index contributed by atoms with van der Waals surface area (Å²) < 4.78 is 0. The monoisotopic (exact) mass is 150 g/mol. The van der Waals surface area contributed by atoms with Gasteiger partial charge < -0.3 is 5.11 Å². The van der Waals surface area contributed by atoms with Crippen molar-refractivity contribution in [1.82, 2.24) is 0 Å². The molecule has 1 unspecified atom stereocenters. The number of hydrogen-bond acceptors (Lipinski definition) is 5. The van der Waals surface area contributed by atoms with Gasteiger partial charge in [-0.1, -0.05) is 0 Å². The second-order valence-electron chi connectivity index (χ2n) is 1.48. The maximum Gasteiger partial charge on any atom is 0.351 e. The van der Waals surface area contributed by atoms with Crippen LogP contribution in [0.4, 0.5) is 0 Å². The van der Waals surface area contributed by atoms with E-state index in [2.05, 4.69) is 17.8 Å². The van der Waals surface area contributed by atoms with Crippen LogP contribution < -0.4 is 5.73 Å². The van der Waals surface area contributed by atoms with Gasteiger partial charge in [0.1, 0.15) is 0 Å². The van der Waals surface area contributed by atoms with Crippen LogP contribution in [0.2, 0.25) is 0 Å². The molecule has 0 amide bonds. The summed E-state index contributed by atoms with van der Waals surface area (Å²) in [6, 6.07) is 0. The molecule has 0 aromatic carbocycles. The smallest absolute Gasteiger partial charge is 0.351 e. The molecule has 0 aromatic heterocycles. The van der Waals surface area contributed by atoms with Crippen molar-refractivity contribution in [3.8, 4) is 0 Å². The molecule has 52 valence electrons. The van der Waals surface area contributed by atoms with Gasteiger partial charge in [0.15, 0.2) is 0 Å². The second-order valence-corrected chi connectivity index (χ2v) is 1.80. The molecule has 5 nitrogen and oxygen atoms in total. The molecular formula is C3H6N2O3S. The van der Waals surface area contributed by atoms with Gasteiger partial charge >= 0.3 is 5.97 Å². The average molecular weight is 150 g/mol. The lowest BCUT2D eigenvalue weighted by Gasteiger charge is -2.10. The largest absolute Gasteiger partial charge is 0.478 e. The molecule has 0 rings (SSSR count). The Morgan fingerprint density at radius 3 is 2.33 bits per heavy atom. The van der Waals surface area contributed by atoms with Crippen LogP contribution >= 0.6 is 12.6 Å². The van der Waals surface area contributed by atoms with Crippen LogP contribution in [-0.4, -0.2) is 22.5 Å². The van der Waals surface area contributed by atoms with E-state index in [4.69, 9.17) is 10.8 Å². The third-order valence-electron chi connectivity index (χ3n) is 0.774. The molecule has 0 spiro atoms.